The molecule has 0 saturated carbocycles. The highest BCUT2D eigenvalue weighted by Crippen LogP contribution is 2.22. The highest BCUT2D eigenvalue weighted by atomic mass is 16.1. The molecule has 86 valence electrons. The second-order valence-electron chi connectivity index (χ2n) is 4.41. The van der Waals surface area contributed by atoms with E-state index in [1.807, 2.05) is 18.3 Å². The number of pyridine rings is 1. The zero-order valence-electron chi connectivity index (χ0n) is 9.60. The van der Waals surface area contributed by atoms with Crippen LogP contribution in [-0.4, -0.2) is 23.9 Å². The largest absolute Gasteiger partial charge is 0.371 e. The minimum atomic E-state index is 0.378. The van der Waals surface area contributed by atoms with E-state index in [4.69, 9.17) is 0 Å². The third-order valence-corrected chi connectivity index (χ3v) is 3.27. The van der Waals surface area contributed by atoms with Gasteiger partial charge in [0.25, 0.3) is 0 Å². The number of benzene rings is 1. The molecule has 0 amide bonds. The molecule has 1 aliphatic heterocycles. The number of anilines is 1. The van der Waals surface area contributed by atoms with Gasteiger partial charge in [-0.2, -0.15) is 0 Å². The maximum absolute atomic E-state index is 11.2. The van der Waals surface area contributed by atoms with E-state index in [1.165, 1.54) is 5.69 Å². The van der Waals surface area contributed by atoms with Crippen LogP contribution in [0.25, 0.3) is 10.9 Å². The van der Waals surface area contributed by atoms with Gasteiger partial charge in [0.1, 0.15) is 5.78 Å². The van der Waals surface area contributed by atoms with E-state index in [1.54, 1.807) is 0 Å². The quantitative estimate of drug-likeness (QED) is 0.748. The van der Waals surface area contributed by atoms with E-state index in [-0.39, 0.29) is 0 Å². The van der Waals surface area contributed by atoms with Crippen molar-refractivity contribution in [1.82, 2.24) is 4.98 Å². The van der Waals surface area contributed by atoms with Crippen LogP contribution in [0.3, 0.4) is 0 Å². The molecule has 1 aliphatic rings. The van der Waals surface area contributed by atoms with Crippen molar-refractivity contribution in [1.29, 1.82) is 0 Å². The predicted octanol–water partition coefficient (Wildman–Crippen LogP) is 2.40. The molecule has 17 heavy (non-hydrogen) atoms. The average Bonchev–Trinajstić information content (AvgIpc) is 2.39. The van der Waals surface area contributed by atoms with Crippen LogP contribution in [0.15, 0.2) is 36.5 Å². The molecule has 1 fully saturated rings. The lowest BCUT2D eigenvalue weighted by atomic mass is 10.1. The Balaban J connectivity index is 1.92. The summed E-state index contributed by atoms with van der Waals surface area (Å²) in [4.78, 5) is 17.8. The summed E-state index contributed by atoms with van der Waals surface area (Å²) in [6, 6.07) is 10.3. The van der Waals surface area contributed by atoms with Crippen LogP contribution in [0.1, 0.15) is 12.8 Å². The lowest BCUT2D eigenvalue weighted by Gasteiger charge is -2.28. The summed E-state index contributed by atoms with van der Waals surface area (Å²) in [6.07, 6.45) is 3.15. The topological polar surface area (TPSA) is 33.2 Å². The van der Waals surface area contributed by atoms with E-state index in [0.29, 0.717) is 18.6 Å². The fourth-order valence-corrected chi connectivity index (χ4v) is 2.27. The molecule has 3 rings (SSSR count). The summed E-state index contributed by atoms with van der Waals surface area (Å²) in [5.41, 5.74) is 2.21. The number of carbonyl (C=O) groups excluding carboxylic acids is 1. The molecule has 0 spiro atoms. The van der Waals surface area contributed by atoms with Crippen LogP contribution < -0.4 is 4.90 Å². The summed E-state index contributed by atoms with van der Waals surface area (Å²) in [5.74, 6) is 0.378. The molecular weight excluding hydrogens is 212 g/mol. The molecule has 0 atom stereocenters. The number of piperidine rings is 1. The molecule has 3 heteroatoms. The zero-order chi connectivity index (χ0) is 11.7. The molecule has 1 aromatic carbocycles. The van der Waals surface area contributed by atoms with E-state index < -0.39 is 0 Å². The molecule has 3 nitrogen and oxygen atoms in total. The van der Waals surface area contributed by atoms with Crippen LogP contribution in [0.4, 0.5) is 5.69 Å². The van der Waals surface area contributed by atoms with Crippen LogP contribution in [0.2, 0.25) is 0 Å². The smallest absolute Gasteiger partial charge is 0.136 e. The number of Topliss-reactive ketones (excluding diaryl/α,β-unsaturated/α-hetero) is 1. The summed E-state index contributed by atoms with van der Waals surface area (Å²) < 4.78 is 0. The lowest BCUT2D eigenvalue weighted by Crippen LogP contribution is -2.33. The van der Waals surface area contributed by atoms with Gasteiger partial charge in [-0.3, -0.25) is 9.78 Å². The van der Waals surface area contributed by atoms with Crippen molar-refractivity contribution in [2.24, 2.45) is 0 Å². The van der Waals surface area contributed by atoms with E-state index in [0.717, 1.165) is 24.0 Å². The number of nitrogens with zero attached hydrogens (tertiary/aromatic N) is 2. The maximum atomic E-state index is 11.2. The number of hydrogen-bond donors (Lipinski definition) is 0. The van der Waals surface area contributed by atoms with Gasteiger partial charge in [0.2, 0.25) is 0 Å². The number of ketones is 1. The van der Waals surface area contributed by atoms with E-state index >= 15 is 0 Å². The number of aromatic nitrogens is 1. The van der Waals surface area contributed by atoms with Gasteiger partial charge in [-0.25, -0.2) is 0 Å². The molecule has 0 bridgehead atoms. The lowest BCUT2D eigenvalue weighted by molar-refractivity contribution is -0.119. The Morgan fingerprint density at radius 2 is 1.94 bits per heavy atom. The Hall–Kier alpha value is -1.90. The number of fused-ring (bicyclic) bond motifs is 1. The number of hydrogen-bond acceptors (Lipinski definition) is 3. The van der Waals surface area contributed by atoms with Crippen molar-refractivity contribution in [2.75, 3.05) is 18.0 Å². The Labute approximate surface area is 100 Å². The van der Waals surface area contributed by atoms with Crippen molar-refractivity contribution in [3.8, 4) is 0 Å². The van der Waals surface area contributed by atoms with Crippen molar-refractivity contribution in [2.45, 2.75) is 12.8 Å². The normalized spacial score (nSPS) is 16.5. The SMILES string of the molecule is O=C1CCN(c2ccc3ncccc3c2)CC1. The van der Waals surface area contributed by atoms with Gasteiger partial charge in [-0.05, 0) is 24.3 Å². The number of carbonyl (C=O) groups is 1. The monoisotopic (exact) mass is 226 g/mol. The van der Waals surface area contributed by atoms with Gasteiger partial charge in [-0.15, -0.1) is 0 Å². The summed E-state index contributed by atoms with van der Waals surface area (Å²) >= 11 is 0. The molecular formula is C14H14N2O. The standard InChI is InChI=1S/C14H14N2O/c17-13-5-8-16(9-6-13)12-3-4-14-11(10-12)2-1-7-15-14/h1-4,7,10H,5-6,8-9H2. The highest BCUT2D eigenvalue weighted by molar-refractivity contribution is 5.84. The molecule has 1 saturated heterocycles. The van der Waals surface area contributed by atoms with Crippen LogP contribution in [0.5, 0.6) is 0 Å². The first-order valence-electron chi connectivity index (χ1n) is 5.94. The predicted molar refractivity (Wildman–Crippen MR) is 68.2 cm³/mol. The Morgan fingerprint density at radius 1 is 1.12 bits per heavy atom. The molecule has 0 unspecified atom stereocenters. The van der Waals surface area contributed by atoms with Gasteiger partial charge in [-0.1, -0.05) is 6.07 Å². The molecule has 0 aliphatic carbocycles. The van der Waals surface area contributed by atoms with Gasteiger partial charge in [0.15, 0.2) is 0 Å². The van der Waals surface area contributed by atoms with Crippen molar-refractivity contribution >= 4 is 22.4 Å². The van der Waals surface area contributed by atoms with Crippen molar-refractivity contribution in [3.63, 3.8) is 0 Å². The molecule has 2 aromatic rings. The Morgan fingerprint density at radius 3 is 2.76 bits per heavy atom. The fourth-order valence-electron chi connectivity index (χ4n) is 2.27. The third kappa shape index (κ3) is 2.00. The molecule has 0 N–H and O–H groups in total. The fraction of sp³-hybridized carbons (Fsp3) is 0.286. The van der Waals surface area contributed by atoms with Crippen molar-refractivity contribution < 1.29 is 4.79 Å². The average molecular weight is 226 g/mol. The first-order chi connectivity index (χ1) is 8.33. The van der Waals surface area contributed by atoms with Gasteiger partial charge >= 0.3 is 0 Å². The van der Waals surface area contributed by atoms with Gasteiger partial charge in [0, 0.05) is 43.2 Å². The summed E-state index contributed by atoms with van der Waals surface area (Å²) in [5, 5.41) is 1.15. The first-order valence-corrected chi connectivity index (χ1v) is 5.94. The van der Waals surface area contributed by atoms with E-state index in [9.17, 15) is 4.79 Å². The van der Waals surface area contributed by atoms with Crippen molar-refractivity contribution in [3.05, 3.63) is 36.5 Å². The Kier molecular flexibility index (Phi) is 2.52. The minimum absolute atomic E-state index is 0.378. The molecule has 0 radical (unpaired) electrons. The maximum Gasteiger partial charge on any atom is 0.136 e. The minimum Gasteiger partial charge on any atom is -0.371 e. The summed E-state index contributed by atoms with van der Waals surface area (Å²) in [6.45, 7) is 1.68. The number of rotatable bonds is 1. The van der Waals surface area contributed by atoms with Crippen LogP contribution in [0, 0.1) is 0 Å². The second kappa shape index (κ2) is 4.17. The molecule has 1 aromatic heterocycles. The highest BCUT2D eigenvalue weighted by Gasteiger charge is 2.16. The second-order valence-corrected chi connectivity index (χ2v) is 4.41. The zero-order valence-corrected chi connectivity index (χ0v) is 9.60. The van der Waals surface area contributed by atoms with Gasteiger partial charge in [0.05, 0.1) is 5.52 Å². The van der Waals surface area contributed by atoms with E-state index in [2.05, 4.69) is 28.1 Å². The van der Waals surface area contributed by atoms with Crippen LogP contribution in [-0.2, 0) is 4.79 Å². The third-order valence-electron chi connectivity index (χ3n) is 3.27. The van der Waals surface area contributed by atoms with Gasteiger partial charge < -0.3 is 4.90 Å². The summed E-state index contributed by atoms with van der Waals surface area (Å²) in [7, 11) is 0. The molecule has 2 heterocycles. The Bertz CT molecular complexity index is 555. The first kappa shape index (κ1) is 10.3. The van der Waals surface area contributed by atoms with Crippen LogP contribution >= 0.6 is 0 Å².